The summed E-state index contributed by atoms with van der Waals surface area (Å²) in [7, 11) is 4.00. The molecule has 0 unspecified atom stereocenters. The van der Waals surface area contributed by atoms with Crippen molar-refractivity contribution in [1.29, 1.82) is 0 Å². The Morgan fingerprint density at radius 1 is 1.29 bits per heavy atom. The van der Waals surface area contributed by atoms with Crippen molar-refractivity contribution >= 4 is 16.8 Å². The molecule has 1 aromatic carbocycles. The summed E-state index contributed by atoms with van der Waals surface area (Å²) in [6.07, 6.45) is 2.55. The number of rotatable bonds is 6. The highest BCUT2D eigenvalue weighted by atomic mass is 16.1. The van der Waals surface area contributed by atoms with Crippen molar-refractivity contribution in [1.82, 2.24) is 14.8 Å². The maximum Gasteiger partial charge on any atom is 0.224 e. The van der Waals surface area contributed by atoms with Crippen LogP contribution in [-0.4, -0.2) is 42.6 Å². The molecule has 4 heteroatoms. The second-order valence-electron chi connectivity index (χ2n) is 6.00. The molecule has 0 aliphatic heterocycles. The molecule has 1 N–H and O–H groups in total. The fourth-order valence-corrected chi connectivity index (χ4v) is 2.50. The van der Waals surface area contributed by atoms with Gasteiger partial charge in [-0.3, -0.25) is 4.79 Å². The quantitative estimate of drug-likeness (QED) is 0.886. The Labute approximate surface area is 126 Å². The molecule has 1 aromatic heterocycles. The van der Waals surface area contributed by atoms with Crippen molar-refractivity contribution in [3.8, 4) is 0 Å². The molecule has 0 saturated heterocycles. The number of hydrogen-bond donors (Lipinski definition) is 1. The van der Waals surface area contributed by atoms with E-state index in [9.17, 15) is 4.79 Å². The molecule has 4 nitrogen and oxygen atoms in total. The van der Waals surface area contributed by atoms with Crippen LogP contribution in [0.25, 0.3) is 10.9 Å². The van der Waals surface area contributed by atoms with Crippen LogP contribution in [-0.2, 0) is 11.2 Å². The van der Waals surface area contributed by atoms with Gasteiger partial charge in [0.1, 0.15) is 0 Å². The minimum atomic E-state index is 0.0866. The lowest BCUT2D eigenvalue weighted by molar-refractivity contribution is -0.120. The number of aromatic nitrogens is 1. The number of likely N-dealkylation sites (N-methyl/N-ethyl adjacent to an activating group) is 1. The van der Waals surface area contributed by atoms with E-state index in [1.807, 2.05) is 26.2 Å². The minimum Gasteiger partial charge on any atom is -0.355 e. The molecule has 1 heterocycles. The van der Waals surface area contributed by atoms with Gasteiger partial charge >= 0.3 is 0 Å². The standard InChI is InChI=1S/C17H25N3O/c1-13(2)20-12-14(15-7-5-6-8-16(15)20)11-17(21)18-9-10-19(3)4/h5-8,12-13H,9-11H2,1-4H3,(H,18,21). The first-order valence-electron chi connectivity index (χ1n) is 7.49. The molecule has 1 amide bonds. The number of benzene rings is 1. The zero-order chi connectivity index (χ0) is 15.4. The second-order valence-corrected chi connectivity index (χ2v) is 6.00. The van der Waals surface area contributed by atoms with E-state index < -0.39 is 0 Å². The fraction of sp³-hybridized carbons (Fsp3) is 0.471. The summed E-state index contributed by atoms with van der Waals surface area (Å²) in [4.78, 5) is 14.1. The maximum atomic E-state index is 12.1. The summed E-state index contributed by atoms with van der Waals surface area (Å²) in [5.74, 6) is 0.0866. The molecule has 0 fully saturated rings. The lowest BCUT2D eigenvalue weighted by Gasteiger charge is -2.10. The Balaban J connectivity index is 2.13. The van der Waals surface area contributed by atoms with Gasteiger partial charge in [-0.25, -0.2) is 0 Å². The van der Waals surface area contributed by atoms with Crippen molar-refractivity contribution in [2.45, 2.75) is 26.3 Å². The largest absolute Gasteiger partial charge is 0.355 e. The lowest BCUT2D eigenvalue weighted by Crippen LogP contribution is -2.32. The van der Waals surface area contributed by atoms with E-state index in [-0.39, 0.29) is 5.91 Å². The Kier molecular flexibility index (Phi) is 5.02. The molecule has 0 atom stereocenters. The van der Waals surface area contributed by atoms with Gasteiger partial charge in [0, 0.05) is 36.2 Å². The summed E-state index contributed by atoms with van der Waals surface area (Å²) >= 11 is 0. The van der Waals surface area contributed by atoms with Gasteiger partial charge in [-0.15, -0.1) is 0 Å². The van der Waals surface area contributed by atoms with Gasteiger partial charge in [-0.05, 0) is 39.6 Å². The first-order valence-corrected chi connectivity index (χ1v) is 7.49. The third kappa shape index (κ3) is 3.85. The predicted molar refractivity (Wildman–Crippen MR) is 87.6 cm³/mol. The number of carbonyl (C=O) groups excluding carboxylic acids is 1. The smallest absolute Gasteiger partial charge is 0.224 e. The number of amides is 1. The lowest BCUT2D eigenvalue weighted by atomic mass is 10.1. The molecule has 0 radical (unpaired) electrons. The summed E-state index contributed by atoms with van der Waals surface area (Å²) in [5.41, 5.74) is 2.30. The summed E-state index contributed by atoms with van der Waals surface area (Å²) in [5, 5.41) is 4.15. The number of hydrogen-bond acceptors (Lipinski definition) is 2. The van der Waals surface area contributed by atoms with Crippen LogP contribution < -0.4 is 5.32 Å². The Bertz CT molecular complexity index is 614. The molecule has 0 bridgehead atoms. The average Bonchev–Trinajstić information content (AvgIpc) is 2.78. The van der Waals surface area contributed by atoms with Crippen molar-refractivity contribution in [2.24, 2.45) is 0 Å². The fourth-order valence-electron chi connectivity index (χ4n) is 2.50. The van der Waals surface area contributed by atoms with Crippen LogP contribution >= 0.6 is 0 Å². The van der Waals surface area contributed by atoms with Crippen LogP contribution in [0.15, 0.2) is 30.5 Å². The van der Waals surface area contributed by atoms with E-state index in [0.29, 0.717) is 19.0 Å². The number of fused-ring (bicyclic) bond motifs is 1. The molecule has 2 rings (SSSR count). The molecule has 0 saturated carbocycles. The van der Waals surface area contributed by atoms with Gasteiger partial charge in [0.05, 0.1) is 6.42 Å². The zero-order valence-electron chi connectivity index (χ0n) is 13.4. The zero-order valence-corrected chi connectivity index (χ0v) is 13.4. The average molecular weight is 287 g/mol. The predicted octanol–water partition coefficient (Wildman–Crippen LogP) is 2.44. The van der Waals surface area contributed by atoms with Gasteiger partial charge in [0.2, 0.25) is 5.91 Å². The van der Waals surface area contributed by atoms with Crippen molar-refractivity contribution in [3.05, 3.63) is 36.0 Å². The third-order valence-corrected chi connectivity index (χ3v) is 3.61. The highest BCUT2D eigenvalue weighted by Crippen LogP contribution is 2.24. The molecule has 114 valence electrons. The van der Waals surface area contributed by atoms with Crippen LogP contribution in [0, 0.1) is 0 Å². The number of para-hydroxylation sites is 1. The van der Waals surface area contributed by atoms with Crippen LogP contribution in [0.3, 0.4) is 0 Å². The summed E-state index contributed by atoms with van der Waals surface area (Å²) in [6.45, 7) is 5.87. The van der Waals surface area contributed by atoms with Crippen molar-refractivity contribution in [2.75, 3.05) is 27.2 Å². The monoisotopic (exact) mass is 287 g/mol. The highest BCUT2D eigenvalue weighted by molar-refractivity contribution is 5.89. The van der Waals surface area contributed by atoms with Gasteiger partial charge in [-0.2, -0.15) is 0 Å². The second kappa shape index (κ2) is 6.76. The minimum absolute atomic E-state index is 0.0866. The van der Waals surface area contributed by atoms with Crippen molar-refractivity contribution in [3.63, 3.8) is 0 Å². The molecule has 0 aliphatic carbocycles. The number of carbonyl (C=O) groups is 1. The SMILES string of the molecule is CC(C)n1cc(CC(=O)NCCN(C)C)c2ccccc21. The first-order chi connectivity index (χ1) is 9.99. The van der Waals surface area contributed by atoms with Gasteiger partial charge < -0.3 is 14.8 Å². The third-order valence-electron chi connectivity index (χ3n) is 3.61. The highest BCUT2D eigenvalue weighted by Gasteiger charge is 2.12. The van der Waals surface area contributed by atoms with Gasteiger partial charge in [-0.1, -0.05) is 18.2 Å². The van der Waals surface area contributed by atoms with E-state index in [0.717, 1.165) is 12.1 Å². The van der Waals surface area contributed by atoms with Crippen molar-refractivity contribution < 1.29 is 4.79 Å². The molecular formula is C17H25N3O. The molecule has 2 aromatic rings. The maximum absolute atomic E-state index is 12.1. The van der Waals surface area contributed by atoms with E-state index in [4.69, 9.17) is 0 Å². The van der Waals surface area contributed by atoms with E-state index in [1.165, 1.54) is 10.9 Å². The molecular weight excluding hydrogens is 262 g/mol. The topological polar surface area (TPSA) is 37.3 Å². The molecule has 0 aliphatic rings. The van der Waals surface area contributed by atoms with Gasteiger partial charge in [0.25, 0.3) is 0 Å². The number of nitrogens with zero attached hydrogens (tertiary/aromatic N) is 2. The Morgan fingerprint density at radius 2 is 2.00 bits per heavy atom. The van der Waals surface area contributed by atoms with Crippen LogP contribution in [0.2, 0.25) is 0 Å². The molecule has 21 heavy (non-hydrogen) atoms. The number of nitrogens with one attached hydrogen (secondary N) is 1. The van der Waals surface area contributed by atoms with E-state index in [1.54, 1.807) is 0 Å². The van der Waals surface area contributed by atoms with Crippen LogP contribution in [0.1, 0.15) is 25.5 Å². The van der Waals surface area contributed by atoms with E-state index >= 15 is 0 Å². The summed E-state index contributed by atoms with van der Waals surface area (Å²) < 4.78 is 2.23. The Hall–Kier alpha value is -1.81. The van der Waals surface area contributed by atoms with Crippen LogP contribution in [0.5, 0.6) is 0 Å². The first kappa shape index (κ1) is 15.6. The van der Waals surface area contributed by atoms with Gasteiger partial charge in [0.15, 0.2) is 0 Å². The molecule has 0 spiro atoms. The van der Waals surface area contributed by atoms with Crippen LogP contribution in [0.4, 0.5) is 0 Å². The Morgan fingerprint density at radius 3 is 2.67 bits per heavy atom. The normalized spacial score (nSPS) is 11.5. The van der Waals surface area contributed by atoms with E-state index in [2.05, 4.69) is 47.0 Å². The summed E-state index contributed by atoms with van der Waals surface area (Å²) in [6, 6.07) is 8.67.